The van der Waals surface area contributed by atoms with Gasteiger partial charge in [0.25, 0.3) is 0 Å². The van der Waals surface area contributed by atoms with Gasteiger partial charge in [0.1, 0.15) is 0 Å². The Bertz CT molecular complexity index is 336. The molecule has 88 valence electrons. The van der Waals surface area contributed by atoms with Crippen molar-refractivity contribution in [2.75, 3.05) is 18.0 Å². The van der Waals surface area contributed by atoms with E-state index in [0.29, 0.717) is 12.5 Å². The number of nitrogens with zero attached hydrogens (tertiary/aromatic N) is 1. The fourth-order valence-electron chi connectivity index (χ4n) is 2.13. The molecular weight excluding hydrogens is 200 g/mol. The molecule has 1 aliphatic heterocycles. The van der Waals surface area contributed by atoms with Crippen LogP contribution in [0, 0.1) is 5.92 Å². The molecule has 1 aromatic rings. The van der Waals surface area contributed by atoms with E-state index in [2.05, 4.69) is 36.1 Å². The summed E-state index contributed by atoms with van der Waals surface area (Å²) in [6.07, 6.45) is 0.850. The summed E-state index contributed by atoms with van der Waals surface area (Å²) in [5.41, 5.74) is 7.90. The lowest BCUT2D eigenvalue weighted by atomic mass is 9.95. The highest BCUT2D eigenvalue weighted by atomic mass is 16.3. The maximum absolute atomic E-state index is 9.85. The van der Waals surface area contributed by atoms with E-state index in [0.717, 1.165) is 25.1 Å². The number of aliphatic hydroxyl groups is 1. The highest BCUT2D eigenvalue weighted by Crippen LogP contribution is 2.23. The molecule has 3 nitrogen and oxygen atoms in total. The topological polar surface area (TPSA) is 49.5 Å². The zero-order valence-corrected chi connectivity index (χ0v) is 9.76. The Kier molecular flexibility index (Phi) is 3.46. The predicted molar refractivity (Wildman–Crippen MR) is 66.3 cm³/mol. The van der Waals surface area contributed by atoms with Crippen molar-refractivity contribution in [3.63, 3.8) is 0 Å². The molecule has 0 radical (unpaired) electrons. The predicted octanol–water partition coefficient (Wildman–Crippen LogP) is 1.35. The molecule has 0 bridgehead atoms. The van der Waals surface area contributed by atoms with Gasteiger partial charge in [-0.15, -0.1) is 0 Å². The molecule has 3 heteroatoms. The standard InChI is InChI=1S/C13H20N2O/c1-10-6-7-15(9-13(10)16)12-4-2-11(8-14)3-5-12/h2-5,10,13,16H,6-9,14H2,1H3. The first-order valence-corrected chi connectivity index (χ1v) is 5.92. The fraction of sp³-hybridized carbons (Fsp3) is 0.538. The molecule has 1 saturated heterocycles. The Hall–Kier alpha value is -1.06. The molecule has 1 fully saturated rings. The van der Waals surface area contributed by atoms with Gasteiger partial charge < -0.3 is 15.7 Å². The van der Waals surface area contributed by atoms with Crippen LogP contribution in [-0.4, -0.2) is 24.3 Å². The smallest absolute Gasteiger partial charge is 0.0741 e. The highest BCUT2D eigenvalue weighted by Gasteiger charge is 2.24. The Labute approximate surface area is 96.9 Å². The number of nitrogens with two attached hydrogens (primary N) is 1. The summed E-state index contributed by atoms with van der Waals surface area (Å²) < 4.78 is 0. The number of hydrogen-bond acceptors (Lipinski definition) is 3. The molecule has 2 unspecified atom stereocenters. The Morgan fingerprint density at radius 2 is 2.06 bits per heavy atom. The second kappa shape index (κ2) is 4.85. The van der Waals surface area contributed by atoms with E-state index >= 15 is 0 Å². The van der Waals surface area contributed by atoms with E-state index < -0.39 is 0 Å². The van der Waals surface area contributed by atoms with E-state index in [-0.39, 0.29) is 6.10 Å². The number of β-amino-alcohol motifs (C(OH)–C–C–N with tert-alkyl or cyclic N) is 1. The van der Waals surface area contributed by atoms with Crippen LogP contribution in [0.1, 0.15) is 18.9 Å². The zero-order valence-electron chi connectivity index (χ0n) is 9.76. The van der Waals surface area contributed by atoms with Gasteiger partial charge >= 0.3 is 0 Å². The van der Waals surface area contributed by atoms with E-state index in [1.165, 1.54) is 5.69 Å². The largest absolute Gasteiger partial charge is 0.391 e. The van der Waals surface area contributed by atoms with Gasteiger partial charge in [-0.3, -0.25) is 0 Å². The van der Waals surface area contributed by atoms with Crippen molar-refractivity contribution in [2.24, 2.45) is 11.7 Å². The summed E-state index contributed by atoms with van der Waals surface area (Å²) in [6, 6.07) is 8.29. The van der Waals surface area contributed by atoms with Crippen LogP contribution >= 0.6 is 0 Å². The number of rotatable bonds is 2. The van der Waals surface area contributed by atoms with Gasteiger partial charge in [0.2, 0.25) is 0 Å². The first-order valence-electron chi connectivity index (χ1n) is 5.92. The molecule has 0 amide bonds. The summed E-state index contributed by atoms with van der Waals surface area (Å²) in [4.78, 5) is 2.24. The summed E-state index contributed by atoms with van der Waals surface area (Å²) >= 11 is 0. The van der Waals surface area contributed by atoms with Gasteiger partial charge in [-0.25, -0.2) is 0 Å². The fourth-order valence-corrected chi connectivity index (χ4v) is 2.13. The molecular formula is C13H20N2O. The van der Waals surface area contributed by atoms with Crippen molar-refractivity contribution < 1.29 is 5.11 Å². The number of aliphatic hydroxyl groups excluding tert-OH is 1. The normalized spacial score (nSPS) is 25.8. The van der Waals surface area contributed by atoms with Gasteiger partial charge in [0, 0.05) is 25.3 Å². The maximum atomic E-state index is 9.85. The van der Waals surface area contributed by atoms with Crippen LogP contribution in [0.4, 0.5) is 5.69 Å². The summed E-state index contributed by atoms with van der Waals surface area (Å²) in [5.74, 6) is 0.416. The molecule has 1 aliphatic rings. The van der Waals surface area contributed by atoms with Gasteiger partial charge in [-0.2, -0.15) is 0 Å². The van der Waals surface area contributed by atoms with Crippen molar-refractivity contribution in [3.05, 3.63) is 29.8 Å². The molecule has 16 heavy (non-hydrogen) atoms. The minimum Gasteiger partial charge on any atom is -0.391 e. The van der Waals surface area contributed by atoms with Crippen LogP contribution in [-0.2, 0) is 6.54 Å². The summed E-state index contributed by atoms with van der Waals surface area (Å²) in [7, 11) is 0. The van der Waals surface area contributed by atoms with E-state index in [4.69, 9.17) is 5.73 Å². The Morgan fingerprint density at radius 3 is 2.62 bits per heavy atom. The van der Waals surface area contributed by atoms with Crippen molar-refractivity contribution in [1.82, 2.24) is 0 Å². The number of benzene rings is 1. The lowest BCUT2D eigenvalue weighted by Crippen LogP contribution is -2.42. The van der Waals surface area contributed by atoms with E-state index in [9.17, 15) is 5.11 Å². The quantitative estimate of drug-likeness (QED) is 0.791. The second-order valence-electron chi connectivity index (χ2n) is 4.65. The van der Waals surface area contributed by atoms with Crippen molar-refractivity contribution in [2.45, 2.75) is 26.0 Å². The minimum absolute atomic E-state index is 0.206. The van der Waals surface area contributed by atoms with Crippen LogP contribution in [0.3, 0.4) is 0 Å². The van der Waals surface area contributed by atoms with Gasteiger partial charge in [0.05, 0.1) is 6.10 Å². The molecule has 2 atom stereocenters. The third kappa shape index (κ3) is 2.36. The van der Waals surface area contributed by atoms with E-state index in [1.54, 1.807) is 0 Å². The monoisotopic (exact) mass is 220 g/mol. The zero-order chi connectivity index (χ0) is 11.5. The van der Waals surface area contributed by atoms with Crippen molar-refractivity contribution in [1.29, 1.82) is 0 Å². The summed E-state index contributed by atoms with van der Waals surface area (Å²) in [5, 5.41) is 9.85. The molecule has 3 N–H and O–H groups in total. The third-order valence-electron chi connectivity index (χ3n) is 3.46. The second-order valence-corrected chi connectivity index (χ2v) is 4.65. The van der Waals surface area contributed by atoms with Gasteiger partial charge in [-0.1, -0.05) is 19.1 Å². The number of anilines is 1. The SMILES string of the molecule is CC1CCN(c2ccc(CN)cc2)CC1O. The first kappa shape index (κ1) is 11.4. The molecule has 2 rings (SSSR count). The average Bonchev–Trinajstić information content (AvgIpc) is 2.33. The minimum atomic E-state index is -0.206. The van der Waals surface area contributed by atoms with Crippen LogP contribution in [0.5, 0.6) is 0 Å². The average molecular weight is 220 g/mol. The molecule has 1 heterocycles. The Balaban J connectivity index is 2.06. The molecule has 0 aromatic heterocycles. The molecule has 0 spiro atoms. The lowest BCUT2D eigenvalue weighted by molar-refractivity contribution is 0.103. The molecule has 1 aromatic carbocycles. The lowest BCUT2D eigenvalue weighted by Gasteiger charge is -2.35. The first-order chi connectivity index (χ1) is 7.70. The Morgan fingerprint density at radius 1 is 1.38 bits per heavy atom. The summed E-state index contributed by atoms with van der Waals surface area (Å²) in [6.45, 7) is 4.46. The van der Waals surface area contributed by atoms with Crippen molar-refractivity contribution in [3.8, 4) is 0 Å². The third-order valence-corrected chi connectivity index (χ3v) is 3.46. The van der Waals surface area contributed by atoms with Crippen LogP contribution in [0.25, 0.3) is 0 Å². The van der Waals surface area contributed by atoms with Gasteiger partial charge in [0.15, 0.2) is 0 Å². The van der Waals surface area contributed by atoms with Crippen LogP contribution < -0.4 is 10.6 Å². The highest BCUT2D eigenvalue weighted by molar-refractivity contribution is 5.48. The number of piperidine rings is 1. The maximum Gasteiger partial charge on any atom is 0.0741 e. The van der Waals surface area contributed by atoms with Crippen LogP contribution in [0.2, 0.25) is 0 Å². The van der Waals surface area contributed by atoms with E-state index in [1.807, 2.05) is 0 Å². The van der Waals surface area contributed by atoms with Crippen LogP contribution in [0.15, 0.2) is 24.3 Å². The molecule has 0 aliphatic carbocycles. The molecule has 0 saturated carbocycles. The van der Waals surface area contributed by atoms with Gasteiger partial charge in [-0.05, 0) is 30.0 Å². The number of hydrogen-bond donors (Lipinski definition) is 2. The van der Waals surface area contributed by atoms with Crippen molar-refractivity contribution >= 4 is 5.69 Å².